The van der Waals surface area contributed by atoms with Gasteiger partial charge >= 0.3 is 12.0 Å². The Kier molecular flexibility index (Phi) is 4.35. The number of nitrogens with zero attached hydrogens (tertiary/aromatic N) is 3. The predicted octanol–water partition coefficient (Wildman–Crippen LogP) is -0.870. The number of rotatable bonds is 4. The summed E-state index contributed by atoms with van der Waals surface area (Å²) in [6.07, 6.45) is 0. The van der Waals surface area contributed by atoms with Crippen LogP contribution in [0.4, 0.5) is 4.79 Å². The van der Waals surface area contributed by atoms with Crippen molar-refractivity contribution in [2.75, 3.05) is 6.54 Å². The van der Waals surface area contributed by atoms with Gasteiger partial charge in [-0.25, -0.2) is 14.3 Å². The van der Waals surface area contributed by atoms with Crippen LogP contribution < -0.4 is 10.6 Å². The average molecular weight is 255 g/mol. The quantitative estimate of drug-likeness (QED) is 0.642. The van der Waals surface area contributed by atoms with E-state index in [1.165, 1.54) is 6.92 Å². The Morgan fingerprint density at radius 2 is 2.06 bits per heavy atom. The minimum atomic E-state index is -1.22. The van der Waals surface area contributed by atoms with Crippen molar-refractivity contribution in [2.24, 2.45) is 0 Å². The summed E-state index contributed by atoms with van der Waals surface area (Å²) >= 11 is 0. The van der Waals surface area contributed by atoms with Crippen LogP contribution in [0.5, 0.6) is 0 Å². The van der Waals surface area contributed by atoms with Crippen LogP contribution >= 0.6 is 0 Å². The Labute approximate surface area is 102 Å². The molecule has 98 valence electrons. The lowest BCUT2D eigenvalue weighted by Gasteiger charge is -2.05. The lowest BCUT2D eigenvalue weighted by atomic mass is 10.3. The number of carboxylic acid groups (broad SMARTS) is 1. The number of imide groups is 1. The van der Waals surface area contributed by atoms with Gasteiger partial charge in [-0.05, 0) is 13.8 Å². The summed E-state index contributed by atoms with van der Waals surface area (Å²) in [5.74, 6) is -1.83. The lowest BCUT2D eigenvalue weighted by molar-refractivity contribution is -0.120. The maximum absolute atomic E-state index is 11.4. The fourth-order valence-corrected chi connectivity index (χ4v) is 1.22. The van der Waals surface area contributed by atoms with Crippen LogP contribution in [0.15, 0.2) is 0 Å². The zero-order chi connectivity index (χ0) is 13.7. The van der Waals surface area contributed by atoms with Gasteiger partial charge in [-0.1, -0.05) is 5.21 Å². The molecule has 1 rings (SSSR count). The minimum absolute atomic E-state index is 0.221. The largest absolute Gasteiger partial charge is 0.476 e. The maximum Gasteiger partial charge on any atom is 0.358 e. The van der Waals surface area contributed by atoms with E-state index in [0.717, 1.165) is 4.68 Å². The number of carbonyl (C=O) groups is 3. The molecule has 0 radical (unpaired) electrons. The second-order valence-electron chi connectivity index (χ2n) is 3.39. The molecule has 18 heavy (non-hydrogen) atoms. The van der Waals surface area contributed by atoms with Crippen molar-refractivity contribution in [2.45, 2.75) is 20.4 Å². The van der Waals surface area contributed by atoms with Crippen LogP contribution in [0.3, 0.4) is 0 Å². The van der Waals surface area contributed by atoms with E-state index in [4.69, 9.17) is 5.11 Å². The fourth-order valence-electron chi connectivity index (χ4n) is 1.22. The van der Waals surface area contributed by atoms with E-state index in [0.29, 0.717) is 6.54 Å². The summed E-state index contributed by atoms with van der Waals surface area (Å²) in [5, 5.41) is 20.1. The summed E-state index contributed by atoms with van der Waals surface area (Å²) < 4.78 is 1.11. The zero-order valence-corrected chi connectivity index (χ0v) is 9.93. The summed E-state index contributed by atoms with van der Waals surface area (Å²) in [5.41, 5.74) is 0.0226. The molecule has 0 aliphatic rings. The van der Waals surface area contributed by atoms with Gasteiger partial charge in [0.1, 0.15) is 6.54 Å². The first-order valence-electron chi connectivity index (χ1n) is 5.16. The summed E-state index contributed by atoms with van der Waals surface area (Å²) in [6.45, 7) is 3.31. The van der Waals surface area contributed by atoms with Crippen LogP contribution in [0.2, 0.25) is 0 Å². The minimum Gasteiger partial charge on any atom is -0.476 e. The first-order valence-corrected chi connectivity index (χ1v) is 5.16. The Morgan fingerprint density at radius 3 is 2.56 bits per heavy atom. The smallest absolute Gasteiger partial charge is 0.358 e. The third kappa shape index (κ3) is 3.27. The Balaban J connectivity index is 2.65. The number of urea groups is 1. The van der Waals surface area contributed by atoms with Crippen molar-refractivity contribution in [3.05, 3.63) is 11.4 Å². The number of carbonyl (C=O) groups excluding carboxylic acids is 2. The van der Waals surface area contributed by atoms with E-state index in [2.05, 4.69) is 20.9 Å². The topological polar surface area (TPSA) is 126 Å². The normalized spacial score (nSPS) is 9.89. The molecule has 0 fully saturated rings. The van der Waals surface area contributed by atoms with Gasteiger partial charge in [0, 0.05) is 6.54 Å². The molecule has 0 aromatic carbocycles. The van der Waals surface area contributed by atoms with Crippen LogP contribution in [0, 0.1) is 6.92 Å². The van der Waals surface area contributed by atoms with Crippen LogP contribution in [0.25, 0.3) is 0 Å². The molecule has 0 saturated carbocycles. The molecule has 0 atom stereocenters. The van der Waals surface area contributed by atoms with Crippen LogP contribution in [-0.4, -0.2) is 44.6 Å². The molecule has 3 N–H and O–H groups in total. The lowest BCUT2D eigenvalue weighted by Crippen LogP contribution is -2.41. The zero-order valence-electron chi connectivity index (χ0n) is 9.93. The molecule has 0 aliphatic carbocycles. The molecular weight excluding hydrogens is 242 g/mol. The highest BCUT2D eigenvalue weighted by atomic mass is 16.4. The number of aromatic carboxylic acids is 1. The molecule has 1 heterocycles. The fraction of sp³-hybridized carbons (Fsp3) is 0.444. The molecule has 0 unspecified atom stereocenters. The van der Waals surface area contributed by atoms with Crippen molar-refractivity contribution in [1.29, 1.82) is 0 Å². The number of carboxylic acids is 1. The molecule has 0 bridgehead atoms. The van der Waals surface area contributed by atoms with Gasteiger partial charge in [0.25, 0.3) is 0 Å². The average Bonchev–Trinajstić information content (AvgIpc) is 2.60. The van der Waals surface area contributed by atoms with Crippen molar-refractivity contribution < 1.29 is 19.5 Å². The van der Waals surface area contributed by atoms with Gasteiger partial charge in [-0.2, -0.15) is 0 Å². The number of aromatic nitrogens is 3. The van der Waals surface area contributed by atoms with Gasteiger partial charge in [-0.3, -0.25) is 10.1 Å². The third-order valence-corrected chi connectivity index (χ3v) is 2.07. The monoisotopic (exact) mass is 255 g/mol. The standard InChI is InChI=1S/C9H13N5O4/c1-3-10-9(18)11-6(15)4-14-5(2)7(8(16)17)12-13-14/h3-4H2,1-2H3,(H,16,17)(H2,10,11,15,18). The van der Waals surface area contributed by atoms with Crippen molar-refractivity contribution in [3.63, 3.8) is 0 Å². The predicted molar refractivity (Wildman–Crippen MR) is 58.9 cm³/mol. The second-order valence-corrected chi connectivity index (χ2v) is 3.39. The van der Waals surface area contributed by atoms with E-state index in [1.54, 1.807) is 6.92 Å². The molecule has 0 aliphatic heterocycles. The molecule has 0 saturated heterocycles. The maximum atomic E-state index is 11.4. The summed E-state index contributed by atoms with van der Waals surface area (Å²) in [7, 11) is 0. The van der Waals surface area contributed by atoms with E-state index in [1.807, 2.05) is 0 Å². The Morgan fingerprint density at radius 1 is 1.39 bits per heavy atom. The molecule has 1 aromatic heterocycles. The molecule has 3 amide bonds. The van der Waals surface area contributed by atoms with Gasteiger partial charge in [0.2, 0.25) is 5.91 Å². The van der Waals surface area contributed by atoms with Crippen molar-refractivity contribution >= 4 is 17.9 Å². The van der Waals surface area contributed by atoms with E-state index in [9.17, 15) is 14.4 Å². The Hall–Kier alpha value is -2.45. The molecule has 9 heteroatoms. The summed E-state index contributed by atoms with van der Waals surface area (Å²) in [6, 6.07) is -0.612. The van der Waals surface area contributed by atoms with Crippen molar-refractivity contribution in [1.82, 2.24) is 25.6 Å². The third-order valence-electron chi connectivity index (χ3n) is 2.07. The molecular formula is C9H13N5O4. The SMILES string of the molecule is CCNC(=O)NC(=O)Cn1nnc(C(=O)O)c1C. The number of amides is 3. The number of hydrogen-bond acceptors (Lipinski definition) is 5. The van der Waals surface area contributed by atoms with Crippen molar-refractivity contribution in [3.8, 4) is 0 Å². The highest BCUT2D eigenvalue weighted by Crippen LogP contribution is 2.02. The second kappa shape index (κ2) is 5.75. The van der Waals surface area contributed by atoms with Gasteiger partial charge < -0.3 is 10.4 Å². The van der Waals surface area contributed by atoms with E-state index >= 15 is 0 Å². The van der Waals surface area contributed by atoms with Gasteiger partial charge in [-0.15, -0.1) is 5.10 Å². The molecule has 1 aromatic rings. The summed E-state index contributed by atoms with van der Waals surface area (Å²) in [4.78, 5) is 33.2. The highest BCUT2D eigenvalue weighted by Gasteiger charge is 2.17. The van der Waals surface area contributed by atoms with Crippen LogP contribution in [-0.2, 0) is 11.3 Å². The highest BCUT2D eigenvalue weighted by molar-refractivity contribution is 5.94. The first-order chi connectivity index (χ1) is 8.45. The number of nitrogens with one attached hydrogen (secondary N) is 2. The first kappa shape index (κ1) is 13.6. The van der Waals surface area contributed by atoms with Gasteiger partial charge in [0.05, 0.1) is 5.69 Å². The van der Waals surface area contributed by atoms with E-state index < -0.39 is 17.9 Å². The molecule has 0 spiro atoms. The molecule has 9 nitrogen and oxygen atoms in total. The van der Waals surface area contributed by atoms with E-state index in [-0.39, 0.29) is 17.9 Å². The van der Waals surface area contributed by atoms with Gasteiger partial charge in [0.15, 0.2) is 5.69 Å². The van der Waals surface area contributed by atoms with Crippen LogP contribution in [0.1, 0.15) is 23.1 Å². The number of hydrogen-bond donors (Lipinski definition) is 3. The Bertz CT molecular complexity index is 481.